The number of guanidine groups is 1. The quantitative estimate of drug-likeness (QED) is 0.331. The molecule has 0 heterocycles. The van der Waals surface area contributed by atoms with Gasteiger partial charge < -0.3 is 21.3 Å². The predicted octanol–water partition coefficient (Wildman–Crippen LogP) is -0.956. The maximum Gasteiger partial charge on any atom is 0.189 e. The maximum absolute atomic E-state index is 8.93. The van der Waals surface area contributed by atoms with Crippen LogP contribution in [0.25, 0.3) is 0 Å². The molecule has 0 radical (unpaired) electrons. The fourth-order valence-electron chi connectivity index (χ4n) is 0.710. The fourth-order valence-corrected chi connectivity index (χ4v) is 0.710. The molecular formula is C8H19N3O2. The van der Waals surface area contributed by atoms with Gasteiger partial charge in [0.25, 0.3) is 0 Å². The Morgan fingerprint density at radius 2 is 2.00 bits per heavy atom. The highest BCUT2D eigenvalue weighted by molar-refractivity contribution is 5.78. The van der Waals surface area contributed by atoms with Crippen LogP contribution in [0.3, 0.4) is 0 Å². The topological polar surface area (TPSA) is 90.9 Å². The second-order valence-corrected chi connectivity index (χ2v) is 3.27. The molecule has 13 heavy (non-hydrogen) atoms. The Kier molecular flexibility index (Phi) is 5.41. The molecule has 0 spiro atoms. The molecule has 0 aromatic heterocycles. The Bertz CT molecular complexity index is 167. The lowest BCUT2D eigenvalue weighted by atomic mass is 10.1. The summed E-state index contributed by atoms with van der Waals surface area (Å²) >= 11 is 0. The molecule has 0 aromatic rings. The molecule has 0 aromatic carbocycles. The van der Waals surface area contributed by atoms with Crippen molar-refractivity contribution in [2.45, 2.75) is 25.8 Å². The molecule has 0 amide bonds. The van der Waals surface area contributed by atoms with Crippen LogP contribution in [0.1, 0.15) is 20.3 Å². The normalized spacial score (nSPS) is 13.1. The molecule has 0 fully saturated rings. The second kappa shape index (κ2) is 5.77. The molecule has 5 N–H and O–H groups in total. The van der Waals surface area contributed by atoms with Gasteiger partial charge in [-0.2, -0.15) is 0 Å². The van der Waals surface area contributed by atoms with Gasteiger partial charge in [0.2, 0.25) is 0 Å². The van der Waals surface area contributed by atoms with Crippen LogP contribution in [0, 0.1) is 0 Å². The number of aliphatic hydroxyl groups is 2. The monoisotopic (exact) mass is 189 g/mol. The van der Waals surface area contributed by atoms with E-state index in [-0.39, 0.29) is 19.2 Å². The molecule has 0 saturated carbocycles. The molecule has 78 valence electrons. The van der Waals surface area contributed by atoms with Crippen LogP contribution in [0.15, 0.2) is 4.99 Å². The Morgan fingerprint density at radius 1 is 1.46 bits per heavy atom. The van der Waals surface area contributed by atoms with Crippen molar-refractivity contribution in [2.24, 2.45) is 10.7 Å². The van der Waals surface area contributed by atoms with Crippen molar-refractivity contribution in [1.82, 2.24) is 5.32 Å². The van der Waals surface area contributed by atoms with E-state index in [2.05, 4.69) is 10.3 Å². The third kappa shape index (κ3) is 4.69. The van der Waals surface area contributed by atoms with Crippen molar-refractivity contribution in [3.05, 3.63) is 0 Å². The third-order valence-corrected chi connectivity index (χ3v) is 1.63. The first-order valence-electron chi connectivity index (χ1n) is 4.38. The van der Waals surface area contributed by atoms with Crippen molar-refractivity contribution < 1.29 is 10.2 Å². The molecule has 0 aliphatic heterocycles. The van der Waals surface area contributed by atoms with Gasteiger partial charge in [0.05, 0.1) is 18.8 Å². The average molecular weight is 189 g/mol. The van der Waals surface area contributed by atoms with Gasteiger partial charge >= 0.3 is 0 Å². The highest BCUT2D eigenvalue weighted by Gasteiger charge is 2.22. The van der Waals surface area contributed by atoms with E-state index in [0.29, 0.717) is 6.54 Å². The maximum atomic E-state index is 8.93. The summed E-state index contributed by atoms with van der Waals surface area (Å²) in [4.78, 5) is 3.98. The summed E-state index contributed by atoms with van der Waals surface area (Å²) in [5.41, 5.74) is 4.72. The number of hydrogen-bond acceptors (Lipinski definition) is 3. The second-order valence-electron chi connectivity index (χ2n) is 3.27. The lowest BCUT2D eigenvalue weighted by molar-refractivity contribution is 0.119. The number of hydrogen-bond donors (Lipinski definition) is 4. The molecular weight excluding hydrogens is 170 g/mol. The van der Waals surface area contributed by atoms with Crippen LogP contribution >= 0.6 is 0 Å². The number of aliphatic hydroxyl groups excluding tert-OH is 2. The minimum atomic E-state index is -0.790. The number of nitrogens with one attached hydrogen (secondary N) is 1. The van der Waals surface area contributed by atoms with E-state index in [1.165, 1.54) is 0 Å². The molecule has 0 atom stereocenters. The third-order valence-electron chi connectivity index (χ3n) is 1.63. The van der Waals surface area contributed by atoms with Crippen molar-refractivity contribution in [3.63, 3.8) is 0 Å². The summed E-state index contributed by atoms with van der Waals surface area (Å²) in [6.45, 7) is 3.93. The van der Waals surface area contributed by atoms with Crippen molar-refractivity contribution >= 4 is 5.96 Å². The zero-order chi connectivity index (χ0) is 10.3. The summed E-state index contributed by atoms with van der Waals surface area (Å²) in [5.74, 6) is 0.257. The number of rotatable bonds is 5. The van der Waals surface area contributed by atoms with E-state index >= 15 is 0 Å². The summed E-state index contributed by atoms with van der Waals surface area (Å²) in [7, 11) is 0. The van der Waals surface area contributed by atoms with Gasteiger partial charge in [-0.1, -0.05) is 6.92 Å². The minimum absolute atomic E-state index is 0.189. The molecule has 0 aliphatic carbocycles. The van der Waals surface area contributed by atoms with Crippen molar-refractivity contribution in [1.29, 1.82) is 0 Å². The zero-order valence-corrected chi connectivity index (χ0v) is 8.25. The Morgan fingerprint density at radius 3 is 2.38 bits per heavy atom. The van der Waals surface area contributed by atoms with E-state index in [1.807, 2.05) is 6.92 Å². The highest BCUT2D eigenvalue weighted by Crippen LogP contribution is 1.99. The molecule has 0 rings (SSSR count). The number of aliphatic imine (C=N–C) groups is 1. The van der Waals surface area contributed by atoms with E-state index < -0.39 is 5.54 Å². The summed E-state index contributed by atoms with van der Waals surface area (Å²) in [5, 5.41) is 20.6. The molecule has 0 bridgehead atoms. The molecule has 5 heteroatoms. The van der Waals surface area contributed by atoms with Gasteiger partial charge in [-0.25, -0.2) is 0 Å². The van der Waals surface area contributed by atoms with Crippen LogP contribution in [-0.4, -0.2) is 41.5 Å². The van der Waals surface area contributed by atoms with E-state index in [4.69, 9.17) is 15.9 Å². The first kappa shape index (κ1) is 12.2. The Labute approximate surface area is 78.7 Å². The van der Waals surface area contributed by atoms with Gasteiger partial charge in [0.15, 0.2) is 5.96 Å². The lowest BCUT2D eigenvalue weighted by Gasteiger charge is -2.26. The fraction of sp³-hybridized carbons (Fsp3) is 0.875. The Hall–Kier alpha value is -0.810. The van der Waals surface area contributed by atoms with Crippen LogP contribution in [-0.2, 0) is 0 Å². The SMILES string of the molecule is CCCN=C(N)NC(C)(CO)CO. The molecule has 0 unspecified atom stereocenters. The van der Waals surface area contributed by atoms with Crippen LogP contribution in [0.5, 0.6) is 0 Å². The largest absolute Gasteiger partial charge is 0.394 e. The summed E-state index contributed by atoms with van der Waals surface area (Å²) in [6, 6.07) is 0. The lowest BCUT2D eigenvalue weighted by Crippen LogP contribution is -2.54. The van der Waals surface area contributed by atoms with Gasteiger partial charge in [-0.3, -0.25) is 4.99 Å². The van der Waals surface area contributed by atoms with E-state index in [0.717, 1.165) is 6.42 Å². The van der Waals surface area contributed by atoms with Gasteiger partial charge in [0.1, 0.15) is 0 Å². The minimum Gasteiger partial charge on any atom is -0.394 e. The summed E-state index contributed by atoms with van der Waals surface area (Å²) < 4.78 is 0. The zero-order valence-electron chi connectivity index (χ0n) is 8.25. The standard InChI is InChI=1S/C8H19N3O2/c1-3-4-10-7(9)11-8(2,5-12)6-13/h12-13H,3-6H2,1-2H3,(H3,9,10,11). The van der Waals surface area contributed by atoms with Gasteiger partial charge in [0, 0.05) is 6.54 Å². The molecule has 0 aliphatic rings. The van der Waals surface area contributed by atoms with E-state index in [9.17, 15) is 0 Å². The number of nitrogens with two attached hydrogens (primary N) is 1. The van der Waals surface area contributed by atoms with Crippen molar-refractivity contribution in [3.8, 4) is 0 Å². The first-order valence-corrected chi connectivity index (χ1v) is 4.38. The molecule has 5 nitrogen and oxygen atoms in total. The van der Waals surface area contributed by atoms with Crippen LogP contribution in [0.2, 0.25) is 0 Å². The van der Waals surface area contributed by atoms with E-state index in [1.54, 1.807) is 6.92 Å². The van der Waals surface area contributed by atoms with Crippen LogP contribution in [0.4, 0.5) is 0 Å². The van der Waals surface area contributed by atoms with Crippen LogP contribution < -0.4 is 11.1 Å². The average Bonchev–Trinajstić information content (AvgIpc) is 2.14. The number of nitrogens with zero attached hydrogens (tertiary/aromatic N) is 1. The van der Waals surface area contributed by atoms with Gasteiger partial charge in [-0.15, -0.1) is 0 Å². The summed E-state index contributed by atoms with van der Waals surface area (Å²) in [6.07, 6.45) is 0.914. The molecule has 0 saturated heterocycles. The smallest absolute Gasteiger partial charge is 0.189 e. The van der Waals surface area contributed by atoms with Gasteiger partial charge in [-0.05, 0) is 13.3 Å². The predicted molar refractivity (Wildman–Crippen MR) is 52.5 cm³/mol. The Balaban J connectivity index is 4.08. The van der Waals surface area contributed by atoms with Crippen molar-refractivity contribution in [2.75, 3.05) is 19.8 Å². The highest BCUT2D eigenvalue weighted by atomic mass is 16.3. The first-order chi connectivity index (χ1) is 6.08.